The highest BCUT2D eigenvalue weighted by Crippen LogP contribution is 2.33. The number of hydrogen-bond acceptors (Lipinski definition) is 8. The average Bonchev–Trinajstić information content (AvgIpc) is 3.52. The molecule has 5 aromatic rings. The largest absolute Gasteiger partial charge is 0.445 e. The topological polar surface area (TPSA) is 161 Å². The molecular weight excluding hydrogens is 638 g/mol. The lowest BCUT2D eigenvalue weighted by Gasteiger charge is -2.15. The molecule has 1 aromatic heterocycles. The van der Waals surface area contributed by atoms with Crippen molar-refractivity contribution < 1.29 is 33.1 Å². The molecule has 0 bridgehead atoms. The fourth-order valence-corrected chi connectivity index (χ4v) is 4.75. The zero-order valence-electron chi connectivity index (χ0n) is 27.8. The minimum Gasteiger partial charge on any atom is -0.445 e. The second kappa shape index (κ2) is 16.6. The molecule has 0 saturated heterocycles. The van der Waals surface area contributed by atoms with E-state index in [0.29, 0.717) is 28.7 Å². The van der Waals surface area contributed by atoms with Crippen molar-refractivity contribution in [3.63, 3.8) is 0 Å². The molecule has 0 fully saturated rings. The summed E-state index contributed by atoms with van der Waals surface area (Å²) in [4.78, 5) is 54.3. The van der Waals surface area contributed by atoms with Gasteiger partial charge in [0.05, 0.1) is 0 Å². The van der Waals surface area contributed by atoms with Gasteiger partial charge in [0.25, 0.3) is 0 Å². The number of nitrogens with one attached hydrogen (secondary N) is 4. The number of carbonyl (C=O) groups is 4. The molecule has 4 amide bonds. The van der Waals surface area contributed by atoms with Crippen LogP contribution in [0, 0.1) is 6.92 Å². The van der Waals surface area contributed by atoms with Gasteiger partial charge in [-0.2, -0.15) is 0 Å². The van der Waals surface area contributed by atoms with Crippen LogP contribution in [-0.4, -0.2) is 41.1 Å². The van der Waals surface area contributed by atoms with E-state index in [1.165, 1.54) is 0 Å². The number of oxazole rings is 1. The highest BCUT2D eigenvalue weighted by molar-refractivity contribution is 5.97. The third kappa shape index (κ3) is 9.80. The summed E-state index contributed by atoms with van der Waals surface area (Å²) in [5.74, 6) is 0.168. The van der Waals surface area contributed by atoms with Crippen molar-refractivity contribution in [3.8, 4) is 22.6 Å². The number of alkyl carbamates (subject to hydrolysis) is 2. The van der Waals surface area contributed by atoms with Gasteiger partial charge in [-0.1, -0.05) is 72.8 Å². The van der Waals surface area contributed by atoms with Crippen LogP contribution in [-0.2, 0) is 32.3 Å². The van der Waals surface area contributed by atoms with E-state index in [2.05, 4.69) is 26.3 Å². The van der Waals surface area contributed by atoms with Crippen molar-refractivity contribution in [2.24, 2.45) is 0 Å². The smallest absolute Gasteiger partial charge is 0.408 e. The van der Waals surface area contributed by atoms with E-state index in [4.69, 9.17) is 13.9 Å². The van der Waals surface area contributed by atoms with Gasteiger partial charge in [0.15, 0.2) is 11.7 Å². The third-order valence-electron chi connectivity index (χ3n) is 7.46. The van der Waals surface area contributed by atoms with Crippen LogP contribution in [0.15, 0.2) is 114 Å². The number of aryl methyl sites for hydroxylation is 1. The molecule has 0 aliphatic carbocycles. The third-order valence-corrected chi connectivity index (χ3v) is 7.46. The molecule has 50 heavy (non-hydrogen) atoms. The number of benzene rings is 4. The Kier molecular flexibility index (Phi) is 11.6. The highest BCUT2D eigenvalue weighted by atomic mass is 16.6. The SMILES string of the molecule is Cc1nc(-c2ccc(NC(=O)[C@H](C)NC(=O)OCc3ccccc3)cc2)c(-c2ccc(NC(=O)[C@H](C)NC(=O)OCc3ccccc3)cc2)o1. The molecular formula is C38H37N5O7. The second-order valence-electron chi connectivity index (χ2n) is 11.4. The van der Waals surface area contributed by atoms with E-state index in [1.807, 2.05) is 60.7 Å². The van der Waals surface area contributed by atoms with E-state index < -0.39 is 36.1 Å². The Labute approximate surface area is 289 Å². The molecule has 0 radical (unpaired) electrons. The Morgan fingerprint density at radius 3 is 1.48 bits per heavy atom. The van der Waals surface area contributed by atoms with Crippen molar-refractivity contribution in [1.82, 2.24) is 15.6 Å². The molecule has 1 heterocycles. The van der Waals surface area contributed by atoms with Crippen molar-refractivity contribution in [1.29, 1.82) is 0 Å². The Bertz CT molecular complexity index is 1770. The Morgan fingerprint density at radius 1 is 0.620 bits per heavy atom. The number of anilines is 2. The summed E-state index contributed by atoms with van der Waals surface area (Å²) in [5.41, 5.74) is 4.81. The summed E-state index contributed by atoms with van der Waals surface area (Å²) in [6.07, 6.45) is -1.39. The normalized spacial score (nSPS) is 11.8. The number of nitrogens with zero attached hydrogens (tertiary/aromatic N) is 1. The summed E-state index contributed by atoms with van der Waals surface area (Å²) in [7, 11) is 0. The number of amides is 4. The molecule has 0 unspecified atom stereocenters. The van der Waals surface area contributed by atoms with Gasteiger partial charge < -0.3 is 35.2 Å². The number of aromatic nitrogens is 1. The van der Waals surface area contributed by atoms with Crippen LogP contribution in [0.4, 0.5) is 21.0 Å². The summed E-state index contributed by atoms with van der Waals surface area (Å²) in [5, 5.41) is 10.6. The Morgan fingerprint density at radius 2 is 1.04 bits per heavy atom. The summed E-state index contributed by atoms with van der Waals surface area (Å²) in [6.45, 7) is 5.07. The molecule has 4 N–H and O–H groups in total. The first-order valence-corrected chi connectivity index (χ1v) is 15.9. The van der Waals surface area contributed by atoms with Gasteiger partial charge in [-0.05, 0) is 61.4 Å². The van der Waals surface area contributed by atoms with E-state index >= 15 is 0 Å². The maximum atomic E-state index is 12.7. The lowest BCUT2D eigenvalue weighted by Crippen LogP contribution is -2.41. The average molecular weight is 676 g/mol. The summed E-state index contributed by atoms with van der Waals surface area (Å²) in [6, 6.07) is 30.9. The predicted molar refractivity (Wildman–Crippen MR) is 188 cm³/mol. The van der Waals surface area contributed by atoms with Gasteiger partial charge in [-0.3, -0.25) is 9.59 Å². The monoisotopic (exact) mass is 675 g/mol. The van der Waals surface area contributed by atoms with Crippen LogP contribution in [0.5, 0.6) is 0 Å². The van der Waals surface area contributed by atoms with Gasteiger partial charge in [0.1, 0.15) is 31.0 Å². The van der Waals surface area contributed by atoms with Crippen LogP contribution in [0.1, 0.15) is 30.9 Å². The fourth-order valence-electron chi connectivity index (χ4n) is 4.75. The zero-order valence-corrected chi connectivity index (χ0v) is 27.8. The number of carbonyl (C=O) groups excluding carboxylic acids is 4. The fraction of sp³-hybridized carbons (Fsp3) is 0.184. The van der Waals surface area contributed by atoms with Gasteiger partial charge in [0.2, 0.25) is 11.8 Å². The first-order chi connectivity index (χ1) is 24.1. The predicted octanol–water partition coefficient (Wildman–Crippen LogP) is 6.82. The number of rotatable bonds is 12. The zero-order chi connectivity index (χ0) is 35.5. The molecule has 12 heteroatoms. The molecule has 2 atom stereocenters. The van der Waals surface area contributed by atoms with Gasteiger partial charge >= 0.3 is 12.2 Å². The summed E-state index contributed by atoms with van der Waals surface area (Å²) >= 11 is 0. The minimum absolute atomic E-state index is 0.0961. The maximum absolute atomic E-state index is 12.7. The molecule has 5 rings (SSSR count). The Balaban J connectivity index is 1.13. The van der Waals surface area contributed by atoms with Crippen molar-refractivity contribution in [3.05, 3.63) is 126 Å². The lowest BCUT2D eigenvalue weighted by molar-refractivity contribution is -0.118. The minimum atomic E-state index is -0.838. The molecule has 12 nitrogen and oxygen atoms in total. The second-order valence-corrected chi connectivity index (χ2v) is 11.4. The van der Waals surface area contributed by atoms with E-state index in [1.54, 1.807) is 69.3 Å². The van der Waals surface area contributed by atoms with Gasteiger partial charge in [-0.25, -0.2) is 14.6 Å². The van der Waals surface area contributed by atoms with Crippen LogP contribution in [0.25, 0.3) is 22.6 Å². The highest BCUT2D eigenvalue weighted by Gasteiger charge is 2.20. The molecule has 0 aliphatic heterocycles. The van der Waals surface area contributed by atoms with Gasteiger partial charge in [0, 0.05) is 29.4 Å². The molecule has 4 aromatic carbocycles. The standard InChI is InChI=1S/C38H37N5O7/c1-24(39-37(46)48-22-27-10-6-4-7-11-27)35(44)42-31-18-14-29(15-19-31)33-34(50-26(3)41-33)30-16-20-32(21-17-30)43-36(45)25(2)40-38(47)49-23-28-12-8-5-9-13-28/h4-21,24-25H,22-23H2,1-3H3,(H,39,46)(H,40,47)(H,42,44)(H,43,45)/t24-,25-/m0/s1. The Hall–Kier alpha value is -6.43. The molecule has 0 aliphatic rings. The summed E-state index contributed by atoms with van der Waals surface area (Å²) < 4.78 is 16.3. The molecule has 0 saturated carbocycles. The van der Waals surface area contributed by atoms with Crippen LogP contribution in [0.3, 0.4) is 0 Å². The molecule has 256 valence electrons. The van der Waals surface area contributed by atoms with E-state index in [9.17, 15) is 19.2 Å². The number of hydrogen-bond donors (Lipinski definition) is 4. The van der Waals surface area contributed by atoms with Crippen molar-refractivity contribution in [2.45, 2.75) is 46.1 Å². The van der Waals surface area contributed by atoms with Crippen molar-refractivity contribution in [2.75, 3.05) is 10.6 Å². The van der Waals surface area contributed by atoms with Crippen LogP contribution < -0.4 is 21.3 Å². The van der Waals surface area contributed by atoms with E-state index in [0.717, 1.165) is 22.3 Å². The lowest BCUT2D eigenvalue weighted by atomic mass is 10.0. The van der Waals surface area contributed by atoms with Crippen LogP contribution >= 0.6 is 0 Å². The number of ether oxygens (including phenoxy) is 2. The molecule has 0 spiro atoms. The van der Waals surface area contributed by atoms with Gasteiger partial charge in [-0.15, -0.1) is 0 Å². The maximum Gasteiger partial charge on any atom is 0.408 e. The van der Waals surface area contributed by atoms with Crippen LogP contribution in [0.2, 0.25) is 0 Å². The first-order valence-electron chi connectivity index (χ1n) is 15.9. The van der Waals surface area contributed by atoms with E-state index in [-0.39, 0.29) is 13.2 Å². The quantitative estimate of drug-likeness (QED) is 0.112. The first kappa shape index (κ1) is 34.9. The van der Waals surface area contributed by atoms with Crippen molar-refractivity contribution >= 4 is 35.4 Å².